The molecule has 2 rings (SSSR count). The maximum atomic E-state index is 4.45. The van der Waals surface area contributed by atoms with Gasteiger partial charge in [-0.15, -0.1) is 11.3 Å². The molecule has 0 saturated carbocycles. The van der Waals surface area contributed by atoms with Gasteiger partial charge in [0.1, 0.15) is 0 Å². The number of aromatic nitrogens is 1. The maximum Gasteiger partial charge on any atom is 0.0798 e. The number of fused-ring (bicyclic) bond motifs is 1. The fraction of sp³-hybridized carbons (Fsp3) is 0.571. The van der Waals surface area contributed by atoms with Crippen molar-refractivity contribution in [3.8, 4) is 0 Å². The first kappa shape index (κ1) is 7.58. The molecule has 1 aliphatic rings. The normalized spacial score (nSPS) is 25.1. The smallest absolute Gasteiger partial charge is 0.0798 e. The van der Waals surface area contributed by atoms with E-state index in [9.17, 15) is 0 Å². The van der Waals surface area contributed by atoms with Gasteiger partial charge in [-0.05, 0) is 7.05 Å². The predicted molar refractivity (Wildman–Crippen MR) is 50.1 cm³/mol. The van der Waals surface area contributed by atoms with Crippen LogP contribution in [0.3, 0.4) is 0 Å². The molecular weight excluding hydrogens is 176 g/mol. The zero-order valence-electron chi connectivity index (χ0n) is 6.32. The van der Waals surface area contributed by atoms with Crippen LogP contribution in [0.4, 0.5) is 0 Å². The largest absolute Gasteiger partial charge is 0.289 e. The molecule has 1 aromatic heterocycles. The minimum atomic E-state index is 0.351. The average molecular weight is 186 g/mol. The molecule has 0 saturated heterocycles. The van der Waals surface area contributed by atoms with Crippen LogP contribution in [0.25, 0.3) is 0 Å². The summed E-state index contributed by atoms with van der Waals surface area (Å²) in [5, 5.41) is 0.351. The molecule has 2 nitrogen and oxygen atoms in total. The van der Waals surface area contributed by atoms with Crippen LogP contribution < -0.4 is 0 Å². The van der Waals surface area contributed by atoms with Gasteiger partial charge in [0, 0.05) is 17.8 Å². The molecule has 60 valence electrons. The Labute approximate surface area is 75.7 Å². The number of hydrogen-bond donors (Lipinski definition) is 1. The van der Waals surface area contributed by atoms with Gasteiger partial charge in [0.25, 0.3) is 0 Å². The predicted octanol–water partition coefficient (Wildman–Crippen LogP) is 1.39. The van der Waals surface area contributed by atoms with Gasteiger partial charge in [-0.2, -0.15) is 12.6 Å². The molecule has 0 aliphatic carbocycles. The van der Waals surface area contributed by atoms with Crippen LogP contribution in [0.1, 0.15) is 10.6 Å². The van der Waals surface area contributed by atoms with E-state index in [0.717, 1.165) is 13.0 Å². The van der Waals surface area contributed by atoms with Gasteiger partial charge in [0.2, 0.25) is 0 Å². The lowest BCUT2D eigenvalue weighted by Gasteiger charge is -2.27. The third-order valence-corrected chi connectivity index (χ3v) is 3.44. The molecule has 1 aliphatic heterocycles. The highest BCUT2D eigenvalue weighted by Crippen LogP contribution is 2.25. The second-order valence-electron chi connectivity index (χ2n) is 2.82. The minimum Gasteiger partial charge on any atom is -0.289 e. The molecule has 4 heteroatoms. The van der Waals surface area contributed by atoms with Crippen LogP contribution in [-0.2, 0) is 13.0 Å². The molecular formula is C7H10N2S2. The van der Waals surface area contributed by atoms with Crippen LogP contribution in [0.5, 0.6) is 0 Å². The van der Waals surface area contributed by atoms with Crippen LogP contribution >= 0.6 is 24.0 Å². The van der Waals surface area contributed by atoms with Crippen LogP contribution in [-0.4, -0.2) is 22.3 Å². The number of likely N-dealkylation sites (N-methyl/N-ethyl adjacent to an activating group) is 1. The summed E-state index contributed by atoms with van der Waals surface area (Å²) >= 11 is 6.19. The third-order valence-electron chi connectivity index (χ3n) is 2.00. The third kappa shape index (κ3) is 1.30. The molecule has 1 unspecified atom stereocenters. The first-order valence-electron chi connectivity index (χ1n) is 3.57. The summed E-state index contributed by atoms with van der Waals surface area (Å²) in [6, 6.07) is 0. The van der Waals surface area contributed by atoms with Crippen molar-refractivity contribution in [2.24, 2.45) is 0 Å². The quantitative estimate of drug-likeness (QED) is 0.616. The van der Waals surface area contributed by atoms with E-state index >= 15 is 0 Å². The molecule has 0 aromatic carbocycles. The van der Waals surface area contributed by atoms with Crippen molar-refractivity contribution in [3.05, 3.63) is 16.1 Å². The lowest BCUT2D eigenvalue weighted by atomic mass is 10.2. The summed E-state index contributed by atoms with van der Waals surface area (Å²) < 4.78 is 0. The van der Waals surface area contributed by atoms with Crippen molar-refractivity contribution in [3.63, 3.8) is 0 Å². The number of nitrogens with zero attached hydrogens (tertiary/aromatic N) is 2. The van der Waals surface area contributed by atoms with E-state index in [4.69, 9.17) is 0 Å². The second kappa shape index (κ2) is 2.77. The SMILES string of the molecule is CN1Cc2scnc2CC1S. The van der Waals surface area contributed by atoms with Crippen molar-refractivity contribution < 1.29 is 0 Å². The Kier molecular flexibility index (Phi) is 1.91. The van der Waals surface area contributed by atoms with Crippen molar-refractivity contribution >= 4 is 24.0 Å². The molecule has 0 radical (unpaired) electrons. The van der Waals surface area contributed by atoms with Gasteiger partial charge in [-0.1, -0.05) is 0 Å². The van der Waals surface area contributed by atoms with E-state index in [1.807, 2.05) is 5.51 Å². The van der Waals surface area contributed by atoms with Crippen molar-refractivity contribution in [1.29, 1.82) is 0 Å². The number of rotatable bonds is 0. The van der Waals surface area contributed by atoms with Gasteiger partial charge in [0.15, 0.2) is 0 Å². The lowest BCUT2D eigenvalue weighted by molar-refractivity contribution is 0.289. The summed E-state index contributed by atoms with van der Waals surface area (Å²) in [5.41, 5.74) is 3.16. The number of hydrogen-bond acceptors (Lipinski definition) is 4. The molecule has 11 heavy (non-hydrogen) atoms. The Morgan fingerprint density at radius 1 is 1.82 bits per heavy atom. The summed E-state index contributed by atoms with van der Waals surface area (Å²) in [5.74, 6) is 0. The van der Waals surface area contributed by atoms with Gasteiger partial charge in [-0.25, -0.2) is 4.98 Å². The molecule has 0 N–H and O–H groups in total. The number of thiazole rings is 1. The monoisotopic (exact) mass is 186 g/mol. The highest BCUT2D eigenvalue weighted by molar-refractivity contribution is 7.80. The fourth-order valence-electron chi connectivity index (χ4n) is 1.25. The summed E-state index contributed by atoms with van der Waals surface area (Å²) in [6.45, 7) is 1.01. The highest BCUT2D eigenvalue weighted by atomic mass is 32.1. The molecule has 1 atom stereocenters. The van der Waals surface area contributed by atoms with E-state index in [0.29, 0.717) is 5.37 Å². The Bertz CT molecular complexity index is 234. The Morgan fingerprint density at radius 2 is 2.64 bits per heavy atom. The van der Waals surface area contributed by atoms with Crippen molar-refractivity contribution in [2.75, 3.05) is 7.05 Å². The highest BCUT2D eigenvalue weighted by Gasteiger charge is 2.21. The summed E-state index contributed by atoms with van der Waals surface area (Å²) in [4.78, 5) is 7.93. The second-order valence-corrected chi connectivity index (χ2v) is 4.36. The van der Waals surface area contributed by atoms with Gasteiger partial charge in [0.05, 0.1) is 16.6 Å². The summed E-state index contributed by atoms with van der Waals surface area (Å²) in [6.07, 6.45) is 0.985. The molecule has 0 fully saturated rings. The van der Waals surface area contributed by atoms with E-state index < -0.39 is 0 Å². The van der Waals surface area contributed by atoms with Gasteiger partial charge >= 0.3 is 0 Å². The standard InChI is InChI=1S/C7H10N2S2/c1-9-3-6-5(2-7(9)10)8-4-11-6/h4,7,10H,2-3H2,1H3. The molecule has 2 heterocycles. The molecule has 0 amide bonds. The fourth-order valence-corrected chi connectivity index (χ4v) is 2.36. The summed E-state index contributed by atoms with van der Waals surface area (Å²) in [7, 11) is 2.10. The van der Waals surface area contributed by atoms with E-state index in [-0.39, 0.29) is 0 Å². The Hall–Kier alpha value is -0.0600. The Balaban J connectivity index is 2.30. The molecule has 1 aromatic rings. The van der Waals surface area contributed by atoms with Crippen LogP contribution in [0, 0.1) is 0 Å². The molecule has 0 spiro atoms. The zero-order valence-corrected chi connectivity index (χ0v) is 8.03. The van der Waals surface area contributed by atoms with Crippen LogP contribution in [0.15, 0.2) is 5.51 Å². The van der Waals surface area contributed by atoms with Crippen molar-refractivity contribution in [2.45, 2.75) is 18.3 Å². The topological polar surface area (TPSA) is 16.1 Å². The first-order chi connectivity index (χ1) is 5.27. The number of thiol groups is 1. The van der Waals surface area contributed by atoms with Gasteiger partial charge < -0.3 is 0 Å². The van der Waals surface area contributed by atoms with E-state index in [1.54, 1.807) is 11.3 Å². The van der Waals surface area contributed by atoms with Gasteiger partial charge in [-0.3, -0.25) is 4.90 Å². The van der Waals surface area contributed by atoms with Crippen LogP contribution in [0.2, 0.25) is 0 Å². The van der Waals surface area contributed by atoms with Crippen molar-refractivity contribution in [1.82, 2.24) is 9.88 Å². The Morgan fingerprint density at radius 3 is 3.45 bits per heavy atom. The minimum absolute atomic E-state index is 0.351. The average Bonchev–Trinajstić information content (AvgIpc) is 2.36. The zero-order chi connectivity index (χ0) is 7.84. The molecule has 0 bridgehead atoms. The maximum absolute atomic E-state index is 4.45. The van der Waals surface area contributed by atoms with E-state index in [1.165, 1.54) is 10.6 Å². The van der Waals surface area contributed by atoms with E-state index in [2.05, 4.69) is 29.6 Å². The lowest BCUT2D eigenvalue weighted by Crippen LogP contribution is -2.32. The first-order valence-corrected chi connectivity index (χ1v) is 4.96.